The van der Waals surface area contributed by atoms with E-state index in [1.807, 2.05) is 0 Å². The van der Waals surface area contributed by atoms with E-state index in [4.69, 9.17) is 4.74 Å². The van der Waals surface area contributed by atoms with Crippen LogP contribution in [-0.2, 0) is 14.8 Å². The number of hydrogen-bond donors (Lipinski definition) is 0. The van der Waals surface area contributed by atoms with Crippen molar-refractivity contribution in [3.8, 4) is 5.75 Å². The molecule has 1 aliphatic carbocycles. The molecule has 4 rings (SSSR count). The van der Waals surface area contributed by atoms with Crippen LogP contribution in [-0.4, -0.2) is 112 Å². The number of sulfonamides is 1. The Hall–Kier alpha value is -1.52. The van der Waals surface area contributed by atoms with Crippen molar-refractivity contribution in [2.75, 3.05) is 67.0 Å². The minimum atomic E-state index is -3.67. The minimum Gasteiger partial charge on any atom is -0.497 e. The van der Waals surface area contributed by atoms with Crippen LogP contribution in [0.5, 0.6) is 5.75 Å². The van der Waals surface area contributed by atoms with Gasteiger partial charge in [0.2, 0.25) is 10.0 Å². The maximum atomic E-state index is 13.2. The van der Waals surface area contributed by atoms with Crippen LogP contribution in [0.2, 0.25) is 0 Å². The zero-order valence-electron chi connectivity index (χ0n) is 23.4. The summed E-state index contributed by atoms with van der Waals surface area (Å²) >= 11 is 0. The average molecular weight is 535 g/mol. The van der Waals surface area contributed by atoms with E-state index in [2.05, 4.69) is 21.7 Å². The van der Waals surface area contributed by atoms with Crippen LogP contribution < -0.4 is 4.74 Å². The number of Topliss-reactive ketones (excluding diaryl/α,β-unsaturated/α-hetero) is 1. The van der Waals surface area contributed by atoms with Crippen LogP contribution >= 0.6 is 0 Å². The summed E-state index contributed by atoms with van der Waals surface area (Å²) in [5, 5.41) is 0. The molecule has 0 aromatic heterocycles. The van der Waals surface area contributed by atoms with Gasteiger partial charge >= 0.3 is 0 Å². The average Bonchev–Trinajstić information content (AvgIpc) is 2.85. The van der Waals surface area contributed by atoms with E-state index in [1.165, 1.54) is 56.4 Å². The number of likely N-dealkylation sites (N-methyl/N-ethyl adjacent to an activating group) is 1. The maximum Gasteiger partial charge on any atom is 0.243 e. The predicted octanol–water partition coefficient (Wildman–Crippen LogP) is 2.77. The van der Waals surface area contributed by atoms with E-state index >= 15 is 0 Å². The maximum absolute atomic E-state index is 13.2. The molecule has 0 bridgehead atoms. The lowest BCUT2D eigenvalue weighted by molar-refractivity contribution is -0.120. The quantitative estimate of drug-likeness (QED) is 0.457. The Morgan fingerprint density at radius 1 is 0.973 bits per heavy atom. The third-order valence-corrected chi connectivity index (χ3v) is 11.0. The minimum absolute atomic E-state index is 0.174. The number of piperazine rings is 1. The highest BCUT2D eigenvalue weighted by atomic mass is 32.2. The number of aryl methyl sites for hydroxylation is 2. The lowest BCUT2D eigenvalue weighted by atomic mass is 9.82. The van der Waals surface area contributed by atoms with Gasteiger partial charge in [0.25, 0.3) is 0 Å². The fraction of sp³-hybridized carbons (Fsp3) is 0.750. The number of likely N-dealkylation sites (tertiary alicyclic amines) is 1. The van der Waals surface area contributed by atoms with Gasteiger partial charge in [-0.05, 0) is 75.8 Å². The van der Waals surface area contributed by atoms with Gasteiger partial charge in [-0.2, -0.15) is 0 Å². The first kappa shape index (κ1) is 28.5. The number of ether oxygens (including phenoxy) is 1. The number of nitrogens with zero attached hydrogens (tertiary/aromatic N) is 4. The summed E-state index contributed by atoms with van der Waals surface area (Å²) in [4.78, 5) is 20.8. The second kappa shape index (κ2) is 12.1. The van der Waals surface area contributed by atoms with Crippen molar-refractivity contribution in [3.63, 3.8) is 0 Å². The van der Waals surface area contributed by atoms with Crippen LogP contribution in [0.3, 0.4) is 0 Å². The predicted molar refractivity (Wildman–Crippen MR) is 147 cm³/mol. The molecule has 37 heavy (non-hydrogen) atoms. The number of carbonyl (C=O) groups excluding carboxylic acids is 1. The number of benzene rings is 1. The first-order chi connectivity index (χ1) is 17.6. The summed E-state index contributed by atoms with van der Waals surface area (Å²) in [7, 11) is 1.67. The number of carbonyl (C=O) groups is 1. The highest BCUT2D eigenvalue weighted by Gasteiger charge is 2.34. The van der Waals surface area contributed by atoms with E-state index in [-0.39, 0.29) is 18.7 Å². The fourth-order valence-electron chi connectivity index (χ4n) is 6.50. The number of hydrogen-bond acceptors (Lipinski definition) is 7. The second-order valence-electron chi connectivity index (χ2n) is 11.5. The van der Waals surface area contributed by atoms with Gasteiger partial charge in [0.15, 0.2) is 0 Å². The molecule has 1 saturated carbocycles. The molecule has 0 amide bonds. The molecule has 1 aromatic carbocycles. The molecule has 0 atom stereocenters. The van der Waals surface area contributed by atoms with Crippen LogP contribution in [0.1, 0.15) is 49.7 Å². The smallest absolute Gasteiger partial charge is 0.243 e. The number of ketones is 1. The lowest BCUT2D eigenvalue weighted by Crippen LogP contribution is -2.62. The highest BCUT2D eigenvalue weighted by molar-refractivity contribution is 7.89. The van der Waals surface area contributed by atoms with Gasteiger partial charge in [-0.1, -0.05) is 0 Å². The Bertz CT molecular complexity index is 1020. The zero-order valence-corrected chi connectivity index (χ0v) is 24.2. The Morgan fingerprint density at radius 2 is 1.51 bits per heavy atom. The van der Waals surface area contributed by atoms with E-state index in [1.54, 1.807) is 40.1 Å². The van der Waals surface area contributed by atoms with Gasteiger partial charge in [0.05, 0.1) is 12.0 Å². The van der Waals surface area contributed by atoms with Gasteiger partial charge < -0.3 is 9.64 Å². The lowest BCUT2D eigenvalue weighted by Gasteiger charge is -2.48. The van der Waals surface area contributed by atoms with Gasteiger partial charge in [0, 0.05) is 77.8 Å². The molecule has 3 fully saturated rings. The summed E-state index contributed by atoms with van der Waals surface area (Å²) in [5.74, 6) is 1.25. The van der Waals surface area contributed by atoms with E-state index in [9.17, 15) is 13.2 Å². The van der Waals surface area contributed by atoms with Crippen LogP contribution in [0, 0.1) is 19.8 Å². The van der Waals surface area contributed by atoms with Crippen LogP contribution in [0.15, 0.2) is 17.0 Å². The summed E-state index contributed by atoms with van der Waals surface area (Å²) in [6.07, 6.45) is 5.39. The van der Waals surface area contributed by atoms with E-state index < -0.39 is 10.0 Å². The molecule has 2 heterocycles. The molecule has 9 heteroatoms. The standard InChI is InChI=1S/C28H46N4O4S/c1-21-16-27(36-5)17-22(2)28(21)37(34,35)30(4)11-10-26(33)18-23-6-8-24(9-7-23)31-12-14-32(15-13-31)25-19-29(3)20-25/h16-17,23-25H,6-15,18-20H2,1-5H3. The Balaban J connectivity index is 1.19. The largest absolute Gasteiger partial charge is 0.497 e. The molecule has 3 aliphatic rings. The van der Waals surface area contributed by atoms with Crippen LogP contribution in [0.25, 0.3) is 0 Å². The molecule has 8 nitrogen and oxygen atoms in total. The number of methoxy groups -OCH3 is 1. The SMILES string of the molecule is COc1cc(C)c(S(=O)(=O)N(C)CCC(=O)CC2CCC(N3CCN(C4CN(C)C4)CC3)CC2)c(C)c1. The third kappa shape index (κ3) is 6.74. The van der Waals surface area contributed by atoms with Gasteiger partial charge in [-0.15, -0.1) is 0 Å². The van der Waals surface area contributed by atoms with Gasteiger partial charge in [-0.3, -0.25) is 14.6 Å². The first-order valence-electron chi connectivity index (χ1n) is 13.9. The van der Waals surface area contributed by atoms with E-state index in [0.29, 0.717) is 40.2 Å². The normalized spacial score (nSPS) is 24.8. The van der Waals surface area contributed by atoms with Crippen molar-refractivity contribution >= 4 is 15.8 Å². The Kier molecular flexibility index (Phi) is 9.33. The summed E-state index contributed by atoms with van der Waals surface area (Å²) in [6.45, 7) is 10.9. The Morgan fingerprint density at radius 3 is 2.03 bits per heavy atom. The Labute approximate surface area is 224 Å². The molecule has 1 aromatic rings. The molecule has 0 N–H and O–H groups in total. The topological polar surface area (TPSA) is 73.4 Å². The molecule has 0 radical (unpaired) electrons. The van der Waals surface area contributed by atoms with Crippen molar-refractivity contribution in [1.82, 2.24) is 19.0 Å². The summed E-state index contributed by atoms with van der Waals surface area (Å²) in [6, 6.07) is 4.89. The van der Waals surface area contributed by atoms with Crippen molar-refractivity contribution in [2.24, 2.45) is 5.92 Å². The zero-order chi connectivity index (χ0) is 26.7. The summed E-state index contributed by atoms with van der Waals surface area (Å²) in [5.41, 5.74) is 1.31. The monoisotopic (exact) mass is 534 g/mol. The first-order valence-corrected chi connectivity index (χ1v) is 15.3. The molecular weight excluding hydrogens is 488 g/mol. The van der Waals surface area contributed by atoms with Crippen molar-refractivity contribution in [3.05, 3.63) is 23.3 Å². The second-order valence-corrected chi connectivity index (χ2v) is 13.5. The molecule has 2 aliphatic heterocycles. The third-order valence-electron chi connectivity index (χ3n) is 8.80. The highest BCUT2D eigenvalue weighted by Crippen LogP contribution is 2.32. The van der Waals surface area contributed by atoms with Gasteiger partial charge in [0.1, 0.15) is 11.5 Å². The van der Waals surface area contributed by atoms with E-state index in [0.717, 1.165) is 18.9 Å². The number of rotatable bonds is 10. The van der Waals surface area contributed by atoms with Crippen molar-refractivity contribution in [2.45, 2.75) is 69.4 Å². The van der Waals surface area contributed by atoms with Crippen molar-refractivity contribution in [1.29, 1.82) is 0 Å². The molecular formula is C28H46N4O4S. The van der Waals surface area contributed by atoms with Gasteiger partial charge in [-0.25, -0.2) is 12.7 Å². The molecule has 2 saturated heterocycles. The summed E-state index contributed by atoms with van der Waals surface area (Å²) < 4.78 is 33.0. The molecule has 208 valence electrons. The van der Waals surface area contributed by atoms with Crippen LogP contribution in [0.4, 0.5) is 0 Å². The van der Waals surface area contributed by atoms with Crippen molar-refractivity contribution < 1.29 is 17.9 Å². The fourth-order valence-corrected chi connectivity index (χ4v) is 8.07. The molecule has 0 spiro atoms. The molecule has 0 unspecified atom stereocenters.